The summed E-state index contributed by atoms with van der Waals surface area (Å²) >= 11 is 12.2. The average Bonchev–Trinajstić information content (AvgIpc) is 2.33. The van der Waals surface area contributed by atoms with E-state index in [0.29, 0.717) is 5.92 Å². The number of halogens is 2. The molecule has 2 rings (SSSR count). The van der Waals surface area contributed by atoms with Crippen LogP contribution in [0.4, 0.5) is 0 Å². The predicted octanol–water partition coefficient (Wildman–Crippen LogP) is 3.88. The molecule has 0 fully saturated rings. The first-order valence-corrected chi connectivity index (χ1v) is 7.40. The molecule has 1 aromatic carbocycles. The molecular formula is C15H17BCl2O. The Morgan fingerprint density at radius 1 is 1.32 bits per heavy atom. The van der Waals surface area contributed by atoms with Crippen LogP contribution < -0.4 is 10.2 Å². The predicted molar refractivity (Wildman–Crippen MR) is 83.1 cm³/mol. The first-order chi connectivity index (χ1) is 8.97. The summed E-state index contributed by atoms with van der Waals surface area (Å²) in [6.07, 6.45) is 3.53. The van der Waals surface area contributed by atoms with E-state index >= 15 is 0 Å². The van der Waals surface area contributed by atoms with Gasteiger partial charge >= 0.3 is 0 Å². The minimum Gasteiger partial charge on any atom is -0.462 e. The summed E-state index contributed by atoms with van der Waals surface area (Å²) in [6.45, 7) is 4.24. The van der Waals surface area contributed by atoms with Crippen molar-refractivity contribution in [3.8, 4) is 5.75 Å². The first-order valence-electron chi connectivity index (χ1n) is 6.53. The lowest BCUT2D eigenvalue weighted by molar-refractivity contribution is 0.386. The monoisotopic (exact) mass is 294 g/mol. The highest BCUT2D eigenvalue weighted by atomic mass is 35.5. The second kappa shape index (κ2) is 6.24. The van der Waals surface area contributed by atoms with Crippen LogP contribution in [-0.4, -0.2) is 18.6 Å². The summed E-state index contributed by atoms with van der Waals surface area (Å²) in [5, 5.41) is -0.180. The molecule has 1 aliphatic carbocycles. The van der Waals surface area contributed by atoms with Crippen molar-refractivity contribution in [2.75, 3.05) is 0 Å². The molecule has 0 N–H and O–H groups in total. The van der Waals surface area contributed by atoms with Gasteiger partial charge in [0.15, 0.2) is 0 Å². The van der Waals surface area contributed by atoms with Gasteiger partial charge in [-0.1, -0.05) is 30.9 Å². The number of alkyl halides is 2. The summed E-state index contributed by atoms with van der Waals surface area (Å²) < 4.78 is 5.83. The maximum Gasteiger partial charge on any atom is 0.126 e. The molecule has 0 aliphatic heterocycles. The highest BCUT2D eigenvalue weighted by Crippen LogP contribution is 2.28. The van der Waals surface area contributed by atoms with Gasteiger partial charge in [-0.3, -0.25) is 0 Å². The fraction of sp³-hybridized carbons (Fsp3) is 0.467. The second-order valence-corrected chi connectivity index (χ2v) is 6.24. The van der Waals surface area contributed by atoms with Gasteiger partial charge < -0.3 is 4.74 Å². The molecule has 0 spiro atoms. The first kappa shape index (κ1) is 14.8. The lowest BCUT2D eigenvalue weighted by Crippen LogP contribution is -2.20. The Morgan fingerprint density at radius 3 is 2.63 bits per heavy atom. The van der Waals surface area contributed by atoms with E-state index < -0.39 is 0 Å². The van der Waals surface area contributed by atoms with Gasteiger partial charge in [0.25, 0.3) is 0 Å². The minimum atomic E-state index is -0.169. The number of hydrogen-bond donors (Lipinski definition) is 0. The molecule has 100 valence electrons. The SMILES string of the molecule is [B]c1cc(OC2=CC(Cl)C(Cl)CC2)ccc1C(C)C. The van der Waals surface area contributed by atoms with Gasteiger partial charge in [0.05, 0.1) is 10.8 Å². The molecular weight excluding hydrogens is 278 g/mol. The standard InChI is InChI=1S/C15H17BCl2O/c1-9(2)12-5-3-10(7-13(12)16)19-11-4-6-14(17)15(18)8-11/h3,5,7-9,14-15H,4,6H2,1-2H3. The number of allylic oxidation sites excluding steroid dienone is 2. The molecule has 1 aromatic rings. The fourth-order valence-electron chi connectivity index (χ4n) is 2.18. The molecule has 19 heavy (non-hydrogen) atoms. The van der Waals surface area contributed by atoms with E-state index in [1.165, 1.54) is 0 Å². The van der Waals surface area contributed by atoms with E-state index in [9.17, 15) is 0 Å². The zero-order valence-electron chi connectivity index (χ0n) is 11.2. The van der Waals surface area contributed by atoms with E-state index in [1.807, 2.05) is 24.3 Å². The van der Waals surface area contributed by atoms with E-state index in [4.69, 9.17) is 35.8 Å². The molecule has 0 heterocycles. The largest absolute Gasteiger partial charge is 0.462 e. The maximum atomic E-state index is 6.11. The van der Waals surface area contributed by atoms with Crippen LogP contribution in [0.2, 0.25) is 0 Å². The molecule has 2 radical (unpaired) electrons. The van der Waals surface area contributed by atoms with E-state index in [2.05, 4.69) is 13.8 Å². The van der Waals surface area contributed by atoms with Crippen molar-refractivity contribution in [1.82, 2.24) is 0 Å². The second-order valence-electron chi connectivity index (χ2n) is 5.18. The van der Waals surface area contributed by atoms with E-state index in [-0.39, 0.29) is 10.8 Å². The number of hydrogen-bond acceptors (Lipinski definition) is 1. The van der Waals surface area contributed by atoms with Crippen LogP contribution in [0, 0.1) is 0 Å². The molecule has 2 atom stereocenters. The van der Waals surface area contributed by atoms with Crippen molar-refractivity contribution in [3.63, 3.8) is 0 Å². The molecule has 0 saturated heterocycles. The number of ether oxygens (including phenoxy) is 1. The van der Waals surface area contributed by atoms with Gasteiger partial charge in [-0.2, -0.15) is 0 Å². The molecule has 0 saturated carbocycles. The van der Waals surface area contributed by atoms with Gasteiger partial charge in [-0.25, -0.2) is 0 Å². The Balaban J connectivity index is 2.12. The third-order valence-corrected chi connectivity index (χ3v) is 4.34. The lowest BCUT2D eigenvalue weighted by atomic mass is 9.85. The van der Waals surface area contributed by atoms with Crippen LogP contribution >= 0.6 is 23.2 Å². The van der Waals surface area contributed by atoms with E-state index in [0.717, 1.165) is 35.4 Å². The summed E-state index contributed by atoms with van der Waals surface area (Å²) in [5.74, 6) is 2.03. The van der Waals surface area contributed by atoms with Crippen LogP contribution in [0.15, 0.2) is 30.0 Å². The number of benzene rings is 1. The summed E-state index contributed by atoms with van der Waals surface area (Å²) in [4.78, 5) is 0. The summed E-state index contributed by atoms with van der Waals surface area (Å²) in [5.41, 5.74) is 1.91. The van der Waals surface area contributed by atoms with Crippen LogP contribution in [-0.2, 0) is 0 Å². The minimum absolute atomic E-state index is 0.0117. The van der Waals surface area contributed by atoms with Crippen LogP contribution in [0.1, 0.15) is 38.2 Å². The van der Waals surface area contributed by atoms with Crippen molar-refractivity contribution in [3.05, 3.63) is 35.6 Å². The third-order valence-electron chi connectivity index (χ3n) is 3.29. The van der Waals surface area contributed by atoms with Crippen molar-refractivity contribution in [2.45, 2.75) is 43.4 Å². The smallest absolute Gasteiger partial charge is 0.126 e. The van der Waals surface area contributed by atoms with Gasteiger partial charge in [-0.15, -0.1) is 23.2 Å². The Kier molecular flexibility index (Phi) is 4.86. The van der Waals surface area contributed by atoms with Crippen molar-refractivity contribution in [2.24, 2.45) is 0 Å². The highest BCUT2D eigenvalue weighted by Gasteiger charge is 2.22. The van der Waals surface area contributed by atoms with Crippen LogP contribution in [0.25, 0.3) is 0 Å². The number of rotatable bonds is 3. The average molecular weight is 295 g/mol. The maximum absolute atomic E-state index is 6.11. The summed E-state index contributed by atoms with van der Waals surface area (Å²) in [6, 6.07) is 5.83. The lowest BCUT2D eigenvalue weighted by Gasteiger charge is -2.22. The molecule has 1 nitrogen and oxygen atoms in total. The zero-order chi connectivity index (χ0) is 14.0. The van der Waals surface area contributed by atoms with Crippen LogP contribution in [0.3, 0.4) is 0 Å². The van der Waals surface area contributed by atoms with E-state index in [1.54, 1.807) is 0 Å². The highest BCUT2D eigenvalue weighted by molar-refractivity contribution is 6.33. The van der Waals surface area contributed by atoms with Gasteiger partial charge in [0, 0.05) is 6.42 Å². The molecule has 0 bridgehead atoms. The Hall–Kier alpha value is -0.595. The molecule has 1 aliphatic rings. The van der Waals surface area contributed by atoms with Crippen molar-refractivity contribution < 1.29 is 4.74 Å². The zero-order valence-corrected chi connectivity index (χ0v) is 12.7. The fourth-order valence-corrected chi connectivity index (χ4v) is 2.63. The molecule has 0 aromatic heterocycles. The van der Waals surface area contributed by atoms with Crippen LogP contribution in [0.5, 0.6) is 5.75 Å². The third kappa shape index (κ3) is 3.70. The Bertz CT molecular complexity index is 485. The summed E-state index contributed by atoms with van der Waals surface area (Å²) in [7, 11) is 6.03. The quantitative estimate of drug-likeness (QED) is 0.607. The molecule has 0 amide bonds. The Morgan fingerprint density at radius 2 is 2.05 bits per heavy atom. The van der Waals surface area contributed by atoms with Gasteiger partial charge in [0.2, 0.25) is 0 Å². The molecule has 2 unspecified atom stereocenters. The Labute approximate surface area is 126 Å². The van der Waals surface area contributed by atoms with Crippen molar-refractivity contribution in [1.29, 1.82) is 0 Å². The molecule has 4 heteroatoms. The normalized spacial score (nSPS) is 23.3. The van der Waals surface area contributed by atoms with Crippen molar-refractivity contribution >= 4 is 36.5 Å². The van der Waals surface area contributed by atoms with Gasteiger partial charge in [-0.05, 0) is 30.5 Å². The topological polar surface area (TPSA) is 9.23 Å². The van der Waals surface area contributed by atoms with Gasteiger partial charge in [0.1, 0.15) is 19.4 Å².